The first-order valence-corrected chi connectivity index (χ1v) is 8.34. The maximum atomic E-state index is 14.7. The van der Waals surface area contributed by atoms with Gasteiger partial charge in [0.25, 0.3) is 0 Å². The molecule has 0 saturated carbocycles. The van der Waals surface area contributed by atoms with E-state index >= 15 is 0 Å². The zero-order valence-electron chi connectivity index (χ0n) is 14.9. The Balaban J connectivity index is 1.85. The van der Waals surface area contributed by atoms with Gasteiger partial charge in [-0.25, -0.2) is 4.39 Å². The summed E-state index contributed by atoms with van der Waals surface area (Å²) in [7, 11) is 1.41. The number of methoxy groups -OCH3 is 1. The van der Waals surface area contributed by atoms with Crippen molar-refractivity contribution in [2.24, 2.45) is 0 Å². The predicted molar refractivity (Wildman–Crippen MR) is 99.3 cm³/mol. The van der Waals surface area contributed by atoms with Crippen molar-refractivity contribution in [2.45, 2.75) is 13.0 Å². The van der Waals surface area contributed by atoms with E-state index in [1.165, 1.54) is 32.2 Å². The lowest BCUT2D eigenvalue weighted by Crippen LogP contribution is -2.30. The second-order valence-corrected chi connectivity index (χ2v) is 6.03. The highest BCUT2D eigenvalue weighted by Gasteiger charge is 2.18. The fraction of sp³-hybridized carbons (Fsp3) is 0.200. The van der Waals surface area contributed by atoms with Crippen molar-refractivity contribution in [3.8, 4) is 16.9 Å². The first-order chi connectivity index (χ1) is 13.0. The molecule has 1 aliphatic heterocycles. The Bertz CT molecular complexity index is 959. The van der Waals surface area contributed by atoms with Gasteiger partial charge in [-0.05, 0) is 29.8 Å². The quantitative estimate of drug-likeness (QED) is 0.844. The Morgan fingerprint density at radius 1 is 1.22 bits per heavy atom. The highest BCUT2D eigenvalue weighted by molar-refractivity contribution is 5.73. The fourth-order valence-electron chi connectivity index (χ4n) is 2.71. The van der Waals surface area contributed by atoms with Crippen LogP contribution < -0.4 is 21.0 Å². The molecule has 27 heavy (non-hydrogen) atoms. The minimum absolute atomic E-state index is 0.148. The van der Waals surface area contributed by atoms with E-state index in [0.717, 1.165) is 0 Å². The average Bonchev–Trinajstić information content (AvgIpc) is 3.04. The number of carbonyl (C=O) groups excluding carboxylic acids is 1. The predicted octanol–water partition coefficient (Wildman–Crippen LogP) is 2.24. The summed E-state index contributed by atoms with van der Waals surface area (Å²) in [5.41, 5.74) is 4.64. The van der Waals surface area contributed by atoms with Crippen LogP contribution in [-0.4, -0.2) is 25.7 Å². The number of hydroxylamine groups is 1. The van der Waals surface area contributed by atoms with Gasteiger partial charge in [0.1, 0.15) is 11.9 Å². The van der Waals surface area contributed by atoms with Crippen LogP contribution in [0.25, 0.3) is 16.8 Å². The molecule has 0 aromatic heterocycles. The molecule has 0 aliphatic carbocycles. The highest BCUT2D eigenvalue weighted by atomic mass is 19.1. The van der Waals surface area contributed by atoms with Gasteiger partial charge in [0, 0.05) is 18.1 Å². The highest BCUT2D eigenvalue weighted by Crippen LogP contribution is 2.27. The van der Waals surface area contributed by atoms with Gasteiger partial charge < -0.3 is 10.1 Å². The van der Waals surface area contributed by atoms with E-state index in [2.05, 4.69) is 10.8 Å². The number of halogens is 1. The normalized spacial score (nSPS) is 15.7. The van der Waals surface area contributed by atoms with Crippen LogP contribution in [0.1, 0.15) is 12.5 Å². The van der Waals surface area contributed by atoms with Crippen molar-refractivity contribution in [3.05, 3.63) is 70.1 Å². The molecule has 0 fully saturated rings. The molecule has 0 saturated heterocycles. The molecule has 2 N–H and O–H groups in total. The Morgan fingerprint density at radius 3 is 2.67 bits per heavy atom. The molecular formula is C20H19FN2O4. The Labute approximate surface area is 155 Å². The summed E-state index contributed by atoms with van der Waals surface area (Å²) in [4.78, 5) is 28.1. The number of hydrogen-bond acceptors (Lipinski definition) is 5. The van der Waals surface area contributed by atoms with Gasteiger partial charge in [-0.15, -0.1) is 0 Å². The first-order valence-electron chi connectivity index (χ1n) is 8.34. The number of hydrogen-bond donors (Lipinski definition) is 2. The van der Waals surface area contributed by atoms with Crippen molar-refractivity contribution >= 4 is 11.6 Å². The van der Waals surface area contributed by atoms with Gasteiger partial charge in [0.2, 0.25) is 11.3 Å². The lowest BCUT2D eigenvalue weighted by molar-refractivity contribution is -0.119. The smallest absolute Gasteiger partial charge is 0.220 e. The SMILES string of the molecule is COc1ccc(-c2ccc(C3=CC(CNC(C)=O)ON3)cc2F)ccc1=O. The lowest BCUT2D eigenvalue weighted by atomic mass is 10.0. The molecule has 1 amide bonds. The van der Waals surface area contributed by atoms with Crippen LogP contribution in [0.5, 0.6) is 5.75 Å². The molecule has 6 nitrogen and oxygen atoms in total. The topological polar surface area (TPSA) is 76.7 Å². The van der Waals surface area contributed by atoms with Gasteiger partial charge in [-0.1, -0.05) is 24.3 Å². The Hall–Kier alpha value is -3.19. The summed E-state index contributed by atoms with van der Waals surface area (Å²) in [6, 6.07) is 10.8. The van der Waals surface area contributed by atoms with Gasteiger partial charge in [0.15, 0.2) is 5.75 Å². The zero-order chi connectivity index (χ0) is 19.4. The average molecular weight is 370 g/mol. The van der Waals surface area contributed by atoms with E-state index in [9.17, 15) is 14.0 Å². The van der Waals surface area contributed by atoms with Crippen LogP contribution in [0.3, 0.4) is 0 Å². The number of carbonyl (C=O) groups is 1. The standard InChI is InChI=1S/C20H19FN2O4/c1-12(24)22-11-15-10-18(23-27-15)14-3-6-16(17(21)9-14)13-4-7-19(25)20(26-2)8-5-13/h3-10,15,23H,11H2,1-2H3,(H,22,24). The molecule has 1 heterocycles. The largest absolute Gasteiger partial charge is 0.493 e. The number of amides is 1. The van der Waals surface area contributed by atoms with Crippen molar-refractivity contribution in [1.82, 2.24) is 10.8 Å². The summed E-state index contributed by atoms with van der Waals surface area (Å²) in [6.07, 6.45) is 1.45. The molecule has 1 unspecified atom stereocenters. The third kappa shape index (κ3) is 4.32. The van der Waals surface area contributed by atoms with Crippen LogP contribution in [0.15, 0.2) is 53.3 Å². The Morgan fingerprint density at radius 2 is 1.96 bits per heavy atom. The van der Waals surface area contributed by atoms with Crippen LogP contribution in [-0.2, 0) is 9.63 Å². The lowest BCUT2D eigenvalue weighted by Gasteiger charge is -2.08. The fourth-order valence-corrected chi connectivity index (χ4v) is 2.71. The molecular weight excluding hydrogens is 351 g/mol. The summed E-state index contributed by atoms with van der Waals surface area (Å²) in [6.45, 7) is 1.75. The number of rotatable bonds is 5. The van der Waals surface area contributed by atoms with Gasteiger partial charge in [-0.2, -0.15) is 0 Å². The number of ether oxygens (including phenoxy) is 1. The molecule has 1 aliphatic rings. The molecule has 140 valence electrons. The molecule has 0 radical (unpaired) electrons. The minimum atomic E-state index is -0.432. The van der Waals surface area contributed by atoms with Crippen molar-refractivity contribution < 1.29 is 18.8 Å². The molecule has 1 atom stereocenters. The van der Waals surface area contributed by atoms with Gasteiger partial charge in [0.05, 0.1) is 19.4 Å². The summed E-state index contributed by atoms with van der Waals surface area (Å²) >= 11 is 0. The second kappa shape index (κ2) is 8.01. The summed E-state index contributed by atoms with van der Waals surface area (Å²) in [5, 5.41) is 2.66. The first kappa shape index (κ1) is 18.6. The molecule has 3 rings (SSSR count). The van der Waals surface area contributed by atoms with E-state index in [1.54, 1.807) is 30.3 Å². The Kier molecular flexibility index (Phi) is 5.52. The van der Waals surface area contributed by atoms with Crippen LogP contribution in [0.4, 0.5) is 4.39 Å². The van der Waals surface area contributed by atoms with E-state index in [1.807, 2.05) is 0 Å². The van der Waals surface area contributed by atoms with E-state index in [4.69, 9.17) is 9.57 Å². The monoisotopic (exact) mass is 370 g/mol. The van der Waals surface area contributed by atoms with Crippen LogP contribution in [0, 0.1) is 5.82 Å². The third-order valence-electron chi connectivity index (χ3n) is 4.11. The zero-order valence-corrected chi connectivity index (χ0v) is 14.9. The van der Waals surface area contributed by atoms with Crippen molar-refractivity contribution in [1.29, 1.82) is 0 Å². The van der Waals surface area contributed by atoms with Gasteiger partial charge in [-0.3, -0.25) is 19.9 Å². The number of benzene rings is 1. The summed E-state index contributed by atoms with van der Waals surface area (Å²) in [5.74, 6) is -0.385. The van der Waals surface area contributed by atoms with E-state index in [-0.39, 0.29) is 23.2 Å². The minimum Gasteiger partial charge on any atom is -0.493 e. The maximum absolute atomic E-state index is 14.7. The third-order valence-corrected chi connectivity index (χ3v) is 4.11. The van der Waals surface area contributed by atoms with E-state index in [0.29, 0.717) is 28.9 Å². The molecule has 2 aromatic carbocycles. The second-order valence-electron chi connectivity index (χ2n) is 6.03. The van der Waals surface area contributed by atoms with Crippen LogP contribution >= 0.6 is 0 Å². The van der Waals surface area contributed by atoms with Crippen molar-refractivity contribution in [2.75, 3.05) is 13.7 Å². The molecule has 2 aromatic rings. The van der Waals surface area contributed by atoms with Gasteiger partial charge >= 0.3 is 0 Å². The molecule has 0 bridgehead atoms. The molecule has 0 spiro atoms. The van der Waals surface area contributed by atoms with E-state index < -0.39 is 5.82 Å². The van der Waals surface area contributed by atoms with Crippen LogP contribution in [0.2, 0.25) is 0 Å². The van der Waals surface area contributed by atoms with Crippen molar-refractivity contribution in [3.63, 3.8) is 0 Å². The number of nitrogens with one attached hydrogen (secondary N) is 2. The maximum Gasteiger partial charge on any atom is 0.220 e. The molecule has 7 heteroatoms. The summed E-state index contributed by atoms with van der Waals surface area (Å²) < 4.78 is 19.7.